The number of carboxylic acid groups (broad SMARTS) is 1. The summed E-state index contributed by atoms with van der Waals surface area (Å²) in [5.74, 6) is -1.55. The Hall–Kier alpha value is -1.81. The van der Waals surface area contributed by atoms with Crippen molar-refractivity contribution < 1.29 is 14.3 Å². The van der Waals surface area contributed by atoms with E-state index in [-0.39, 0.29) is 10.7 Å². The van der Waals surface area contributed by atoms with Gasteiger partial charge in [0.25, 0.3) is 0 Å². The molecule has 0 saturated heterocycles. The van der Waals surface area contributed by atoms with Crippen LogP contribution in [0.15, 0.2) is 30.3 Å². The van der Waals surface area contributed by atoms with Crippen LogP contribution in [-0.4, -0.2) is 16.1 Å². The van der Waals surface area contributed by atoms with Crippen LogP contribution in [0.5, 0.6) is 0 Å². The molecule has 0 fully saturated rings. The first-order valence-corrected chi connectivity index (χ1v) is 4.83. The predicted molar refractivity (Wildman–Crippen MR) is 58.2 cm³/mol. The van der Waals surface area contributed by atoms with Crippen LogP contribution in [0.25, 0.3) is 11.3 Å². The largest absolute Gasteiger partial charge is 0.477 e. The van der Waals surface area contributed by atoms with Crippen LogP contribution in [0.4, 0.5) is 4.39 Å². The number of aromatic carboxylic acids is 1. The Kier molecular flexibility index (Phi) is 2.66. The summed E-state index contributed by atoms with van der Waals surface area (Å²) >= 11 is 5.63. The van der Waals surface area contributed by atoms with Gasteiger partial charge < -0.3 is 10.1 Å². The molecule has 0 amide bonds. The van der Waals surface area contributed by atoms with Gasteiger partial charge in [0.15, 0.2) is 0 Å². The Morgan fingerprint density at radius 2 is 2.06 bits per heavy atom. The average molecular weight is 240 g/mol. The second-order valence-electron chi connectivity index (χ2n) is 3.22. The van der Waals surface area contributed by atoms with E-state index >= 15 is 0 Å². The Morgan fingerprint density at radius 1 is 1.31 bits per heavy atom. The molecule has 2 N–H and O–H groups in total. The fourth-order valence-corrected chi connectivity index (χ4v) is 1.53. The average Bonchev–Trinajstić information content (AvgIpc) is 2.71. The Bertz CT molecular complexity index is 551. The molecule has 0 bridgehead atoms. The van der Waals surface area contributed by atoms with Gasteiger partial charge in [-0.05, 0) is 35.9 Å². The van der Waals surface area contributed by atoms with Gasteiger partial charge in [0.2, 0.25) is 0 Å². The van der Waals surface area contributed by atoms with Gasteiger partial charge in [-0.25, -0.2) is 9.18 Å². The van der Waals surface area contributed by atoms with Crippen molar-refractivity contribution in [1.29, 1.82) is 0 Å². The van der Waals surface area contributed by atoms with E-state index in [9.17, 15) is 9.18 Å². The Balaban J connectivity index is 2.42. The molecule has 5 heteroatoms. The third-order valence-electron chi connectivity index (χ3n) is 2.15. The third-order valence-corrected chi connectivity index (χ3v) is 2.44. The maximum atomic E-state index is 12.9. The van der Waals surface area contributed by atoms with E-state index in [0.29, 0.717) is 11.3 Å². The van der Waals surface area contributed by atoms with E-state index in [1.54, 1.807) is 6.07 Å². The molecule has 1 aromatic heterocycles. The zero-order valence-corrected chi connectivity index (χ0v) is 8.75. The SMILES string of the molecule is O=C(O)c1ccc(-c2ccc(F)c(Cl)c2)[nH]1. The lowest BCUT2D eigenvalue weighted by Crippen LogP contribution is -1.95. The molecule has 1 heterocycles. The maximum absolute atomic E-state index is 12.9. The summed E-state index contributed by atoms with van der Waals surface area (Å²) in [6.45, 7) is 0. The number of carbonyl (C=O) groups is 1. The number of rotatable bonds is 2. The van der Waals surface area contributed by atoms with E-state index in [4.69, 9.17) is 16.7 Å². The summed E-state index contributed by atoms with van der Waals surface area (Å²) in [7, 11) is 0. The zero-order chi connectivity index (χ0) is 11.7. The van der Waals surface area contributed by atoms with Crippen molar-refractivity contribution in [2.75, 3.05) is 0 Å². The summed E-state index contributed by atoms with van der Waals surface area (Å²) in [5, 5.41) is 8.73. The van der Waals surface area contributed by atoms with Crippen molar-refractivity contribution >= 4 is 17.6 Å². The zero-order valence-electron chi connectivity index (χ0n) is 8.00. The van der Waals surface area contributed by atoms with Crippen molar-refractivity contribution in [1.82, 2.24) is 4.98 Å². The molecule has 3 nitrogen and oxygen atoms in total. The molecule has 0 aliphatic heterocycles. The van der Waals surface area contributed by atoms with Crippen LogP contribution in [0.3, 0.4) is 0 Å². The van der Waals surface area contributed by atoms with Crippen LogP contribution >= 0.6 is 11.6 Å². The molecule has 2 rings (SSSR count). The second-order valence-corrected chi connectivity index (χ2v) is 3.63. The number of hydrogen-bond donors (Lipinski definition) is 2. The van der Waals surface area contributed by atoms with Gasteiger partial charge in [-0.2, -0.15) is 0 Å². The van der Waals surface area contributed by atoms with Crippen molar-refractivity contribution in [2.45, 2.75) is 0 Å². The van der Waals surface area contributed by atoms with E-state index in [2.05, 4.69) is 4.98 Å². The highest BCUT2D eigenvalue weighted by Gasteiger charge is 2.08. The standard InChI is InChI=1S/C11H7ClFNO2/c12-7-5-6(1-2-8(7)13)9-3-4-10(14-9)11(15)16/h1-5,14H,(H,15,16). The summed E-state index contributed by atoms with van der Waals surface area (Å²) in [6, 6.07) is 7.24. The minimum Gasteiger partial charge on any atom is -0.477 e. The fraction of sp³-hybridized carbons (Fsp3) is 0. The van der Waals surface area contributed by atoms with Crippen molar-refractivity contribution in [3.8, 4) is 11.3 Å². The summed E-state index contributed by atoms with van der Waals surface area (Å²) < 4.78 is 12.9. The topological polar surface area (TPSA) is 53.1 Å². The lowest BCUT2D eigenvalue weighted by molar-refractivity contribution is 0.0691. The third kappa shape index (κ3) is 1.92. The number of benzene rings is 1. The van der Waals surface area contributed by atoms with E-state index in [1.165, 1.54) is 24.3 Å². The molecular weight excluding hydrogens is 233 g/mol. The molecule has 0 aliphatic carbocycles. The molecule has 0 saturated carbocycles. The summed E-state index contributed by atoms with van der Waals surface area (Å²) in [6.07, 6.45) is 0. The number of H-pyrrole nitrogens is 1. The van der Waals surface area contributed by atoms with Gasteiger partial charge >= 0.3 is 5.97 Å². The van der Waals surface area contributed by atoms with E-state index in [1.807, 2.05) is 0 Å². The first kappa shape index (κ1) is 10.7. The van der Waals surface area contributed by atoms with Crippen LogP contribution in [0.1, 0.15) is 10.5 Å². The van der Waals surface area contributed by atoms with Gasteiger partial charge in [-0.1, -0.05) is 11.6 Å². The smallest absolute Gasteiger partial charge is 0.352 e. The van der Waals surface area contributed by atoms with Gasteiger partial charge in [0.1, 0.15) is 11.5 Å². The molecule has 0 spiro atoms. The highest BCUT2D eigenvalue weighted by Crippen LogP contribution is 2.24. The second kappa shape index (κ2) is 3.98. The molecule has 1 aromatic carbocycles. The number of halogens is 2. The number of carboxylic acids is 1. The van der Waals surface area contributed by atoms with Crippen molar-refractivity contribution in [2.24, 2.45) is 0 Å². The molecule has 82 valence electrons. The van der Waals surface area contributed by atoms with Crippen LogP contribution in [0, 0.1) is 5.82 Å². The lowest BCUT2D eigenvalue weighted by atomic mass is 10.1. The highest BCUT2D eigenvalue weighted by atomic mass is 35.5. The number of aromatic amines is 1. The monoisotopic (exact) mass is 239 g/mol. The molecule has 2 aromatic rings. The van der Waals surface area contributed by atoms with Gasteiger partial charge in [-0.3, -0.25) is 0 Å². The number of nitrogens with one attached hydrogen (secondary N) is 1. The van der Waals surface area contributed by atoms with Crippen LogP contribution in [-0.2, 0) is 0 Å². The first-order chi connectivity index (χ1) is 7.58. The van der Waals surface area contributed by atoms with Gasteiger partial charge in [0.05, 0.1) is 5.02 Å². The molecule has 16 heavy (non-hydrogen) atoms. The fourth-order valence-electron chi connectivity index (χ4n) is 1.35. The minimum atomic E-state index is -1.04. The quantitative estimate of drug-likeness (QED) is 0.846. The van der Waals surface area contributed by atoms with Gasteiger partial charge in [-0.15, -0.1) is 0 Å². The number of aromatic nitrogens is 1. The minimum absolute atomic E-state index is 0.00368. The Labute approximate surface area is 95.5 Å². The molecule has 0 radical (unpaired) electrons. The van der Waals surface area contributed by atoms with Crippen molar-refractivity contribution in [3.63, 3.8) is 0 Å². The van der Waals surface area contributed by atoms with Gasteiger partial charge in [0, 0.05) is 5.69 Å². The maximum Gasteiger partial charge on any atom is 0.352 e. The first-order valence-electron chi connectivity index (χ1n) is 4.45. The predicted octanol–water partition coefficient (Wildman–Crippen LogP) is 3.17. The normalized spacial score (nSPS) is 10.4. The van der Waals surface area contributed by atoms with E-state index in [0.717, 1.165) is 0 Å². The van der Waals surface area contributed by atoms with E-state index < -0.39 is 11.8 Å². The number of hydrogen-bond acceptors (Lipinski definition) is 1. The summed E-state index contributed by atoms with van der Waals surface area (Å²) in [4.78, 5) is 13.3. The molecule has 0 atom stereocenters. The van der Waals surface area contributed by atoms with Crippen LogP contribution < -0.4 is 0 Å². The molecule has 0 aliphatic rings. The van der Waals surface area contributed by atoms with Crippen LogP contribution in [0.2, 0.25) is 5.02 Å². The highest BCUT2D eigenvalue weighted by molar-refractivity contribution is 6.31. The molecular formula is C11H7ClFNO2. The van der Waals surface area contributed by atoms with Crippen molar-refractivity contribution in [3.05, 3.63) is 46.9 Å². The summed E-state index contributed by atoms with van der Waals surface area (Å²) in [5.41, 5.74) is 1.30. The lowest BCUT2D eigenvalue weighted by Gasteiger charge is -1.99. The Morgan fingerprint density at radius 3 is 2.62 bits per heavy atom. The molecule has 0 unspecified atom stereocenters.